The van der Waals surface area contributed by atoms with Gasteiger partial charge in [0.2, 0.25) is 0 Å². The molecular formula is C3H10OZr. The second-order valence-corrected chi connectivity index (χ2v) is 0. The van der Waals surface area contributed by atoms with Crippen molar-refractivity contribution in [1.82, 2.24) is 0 Å². The molecule has 0 rings (SSSR count). The summed E-state index contributed by atoms with van der Waals surface area (Å²) in [7, 11) is 1.00. The van der Waals surface area contributed by atoms with E-state index >= 15 is 0 Å². The molecule has 0 aromatic carbocycles. The van der Waals surface area contributed by atoms with Gasteiger partial charge >= 0.3 is 26.2 Å². The standard InChI is InChI=1S/CH4O.2CH3.Zr/c1-2;;;/h2H,1H3;2*1H3;/q;2*-1;+2. The summed E-state index contributed by atoms with van der Waals surface area (Å²) in [6.45, 7) is 0. The van der Waals surface area contributed by atoms with Crippen molar-refractivity contribution in [1.29, 1.82) is 0 Å². The van der Waals surface area contributed by atoms with Crippen LogP contribution in [0.3, 0.4) is 0 Å². The zero-order valence-electron chi connectivity index (χ0n) is 3.95. The molecule has 0 radical (unpaired) electrons. The number of aliphatic hydroxyl groups is 1. The molecule has 0 saturated carbocycles. The first-order valence-electron chi connectivity index (χ1n) is 0.447. The first kappa shape index (κ1) is 40.3. The molecule has 1 N–H and O–H groups in total. The van der Waals surface area contributed by atoms with Crippen LogP contribution in [0.4, 0.5) is 0 Å². The Balaban J connectivity index is -0.00000000167. The minimum Gasteiger partial charge on any atom is -0.400 e. The Morgan fingerprint density at radius 2 is 1.00 bits per heavy atom. The van der Waals surface area contributed by atoms with Gasteiger partial charge in [-0.2, -0.15) is 0 Å². The van der Waals surface area contributed by atoms with Crippen molar-refractivity contribution in [2.75, 3.05) is 7.11 Å². The van der Waals surface area contributed by atoms with E-state index in [2.05, 4.69) is 0 Å². The number of hydrogen-bond acceptors (Lipinski definition) is 1. The van der Waals surface area contributed by atoms with Gasteiger partial charge in [0.1, 0.15) is 0 Å². The summed E-state index contributed by atoms with van der Waals surface area (Å²) in [5, 5.41) is 7.00. The van der Waals surface area contributed by atoms with Crippen molar-refractivity contribution in [3.8, 4) is 0 Å². The van der Waals surface area contributed by atoms with Gasteiger partial charge in [-0.3, -0.25) is 0 Å². The molecule has 0 saturated heterocycles. The van der Waals surface area contributed by atoms with Gasteiger partial charge in [-0.15, -0.1) is 0 Å². The van der Waals surface area contributed by atoms with Crippen LogP contribution in [0.5, 0.6) is 0 Å². The summed E-state index contributed by atoms with van der Waals surface area (Å²) < 4.78 is 0. The third kappa shape index (κ3) is 55.1. The van der Waals surface area contributed by atoms with Crippen molar-refractivity contribution in [2.24, 2.45) is 0 Å². The van der Waals surface area contributed by atoms with Crippen LogP contribution in [0.25, 0.3) is 0 Å². The van der Waals surface area contributed by atoms with Gasteiger partial charge < -0.3 is 20.0 Å². The fourth-order valence-corrected chi connectivity index (χ4v) is 0. The minimum absolute atomic E-state index is 0. The third-order valence-corrected chi connectivity index (χ3v) is 0. The van der Waals surface area contributed by atoms with Crippen molar-refractivity contribution >= 4 is 0 Å². The summed E-state index contributed by atoms with van der Waals surface area (Å²) >= 11 is 0. The Bertz CT molecular complexity index is 6.85. The van der Waals surface area contributed by atoms with Gasteiger partial charge in [-0.1, -0.05) is 0 Å². The normalized spacial score (nSPS) is 1.20. The van der Waals surface area contributed by atoms with E-state index in [0.29, 0.717) is 0 Å². The maximum Gasteiger partial charge on any atom is 2.00 e. The summed E-state index contributed by atoms with van der Waals surface area (Å²) in [4.78, 5) is 0. The summed E-state index contributed by atoms with van der Waals surface area (Å²) in [6.07, 6.45) is 0. The van der Waals surface area contributed by atoms with Gasteiger partial charge in [0.15, 0.2) is 0 Å². The first-order valence-corrected chi connectivity index (χ1v) is 0.447. The molecule has 0 aliphatic heterocycles. The Labute approximate surface area is 53.5 Å². The maximum absolute atomic E-state index is 7.00. The van der Waals surface area contributed by atoms with Gasteiger partial charge in [0.05, 0.1) is 0 Å². The molecule has 5 heavy (non-hydrogen) atoms. The molecule has 0 atom stereocenters. The zero-order chi connectivity index (χ0) is 2.00. The Morgan fingerprint density at radius 1 is 1.00 bits per heavy atom. The fourth-order valence-electron chi connectivity index (χ4n) is 0. The monoisotopic (exact) mass is 152 g/mol. The molecule has 0 aromatic heterocycles. The number of hydrogen-bond donors (Lipinski definition) is 1. The quantitative estimate of drug-likeness (QED) is 0.503. The van der Waals surface area contributed by atoms with E-state index in [1.54, 1.807) is 0 Å². The van der Waals surface area contributed by atoms with E-state index in [0.717, 1.165) is 7.11 Å². The maximum atomic E-state index is 7.00. The van der Waals surface area contributed by atoms with Crippen LogP contribution in [0.1, 0.15) is 0 Å². The molecule has 0 aliphatic carbocycles. The zero-order valence-corrected chi connectivity index (χ0v) is 6.41. The van der Waals surface area contributed by atoms with Gasteiger partial charge in [0.25, 0.3) is 0 Å². The van der Waals surface area contributed by atoms with Crippen LogP contribution in [-0.2, 0) is 26.2 Å². The van der Waals surface area contributed by atoms with E-state index < -0.39 is 0 Å². The van der Waals surface area contributed by atoms with Crippen LogP contribution in [-0.4, -0.2) is 12.2 Å². The Morgan fingerprint density at radius 3 is 1.00 bits per heavy atom. The van der Waals surface area contributed by atoms with Crippen LogP contribution in [0.15, 0.2) is 0 Å². The molecule has 0 heterocycles. The van der Waals surface area contributed by atoms with Gasteiger partial charge in [-0.05, 0) is 0 Å². The summed E-state index contributed by atoms with van der Waals surface area (Å²) in [6, 6.07) is 0. The van der Waals surface area contributed by atoms with E-state index in [-0.39, 0.29) is 41.1 Å². The fraction of sp³-hybridized carbons (Fsp3) is 0.333. The van der Waals surface area contributed by atoms with Gasteiger partial charge in [-0.25, -0.2) is 0 Å². The van der Waals surface area contributed by atoms with Crippen LogP contribution >= 0.6 is 0 Å². The molecule has 1 nitrogen and oxygen atoms in total. The minimum atomic E-state index is 0. The largest absolute Gasteiger partial charge is 2.00 e. The molecule has 0 spiro atoms. The predicted molar refractivity (Wildman–Crippen MR) is 21.0 cm³/mol. The molecule has 0 amide bonds. The van der Waals surface area contributed by atoms with Crippen LogP contribution in [0, 0.1) is 14.9 Å². The molecule has 0 aromatic rings. The van der Waals surface area contributed by atoms with Crippen molar-refractivity contribution in [3.05, 3.63) is 14.9 Å². The van der Waals surface area contributed by atoms with E-state index in [1.807, 2.05) is 0 Å². The van der Waals surface area contributed by atoms with Gasteiger partial charge in [0, 0.05) is 7.11 Å². The van der Waals surface area contributed by atoms with Crippen molar-refractivity contribution in [3.63, 3.8) is 0 Å². The average molecular weight is 153 g/mol. The topological polar surface area (TPSA) is 20.2 Å². The number of aliphatic hydroxyl groups excluding tert-OH is 1. The van der Waals surface area contributed by atoms with E-state index in [9.17, 15) is 0 Å². The average Bonchev–Trinajstić information content (AvgIpc) is 1.00. The van der Waals surface area contributed by atoms with Crippen LogP contribution in [0.2, 0.25) is 0 Å². The van der Waals surface area contributed by atoms with Crippen molar-refractivity contribution in [2.45, 2.75) is 0 Å². The summed E-state index contributed by atoms with van der Waals surface area (Å²) in [5.41, 5.74) is 0. The Kier molecular flexibility index (Phi) is 812. The van der Waals surface area contributed by atoms with Crippen molar-refractivity contribution < 1.29 is 31.3 Å². The molecule has 0 fully saturated rings. The molecule has 0 unspecified atom stereocenters. The molecule has 32 valence electrons. The first-order chi connectivity index (χ1) is 1.00. The molecular weight excluding hydrogens is 143 g/mol. The second kappa shape index (κ2) is 101. The SMILES string of the molecule is CO.[CH3-].[CH3-].[Zr+2]. The number of rotatable bonds is 0. The predicted octanol–water partition coefficient (Wildman–Crippen LogP) is 0.507. The van der Waals surface area contributed by atoms with E-state index in [1.165, 1.54) is 0 Å². The smallest absolute Gasteiger partial charge is 0.400 e. The molecule has 0 aliphatic rings. The molecule has 0 bridgehead atoms. The molecule has 2 heteroatoms. The second-order valence-electron chi connectivity index (χ2n) is 0. The third-order valence-electron chi connectivity index (χ3n) is 0. The summed E-state index contributed by atoms with van der Waals surface area (Å²) in [5.74, 6) is 0. The van der Waals surface area contributed by atoms with E-state index in [4.69, 9.17) is 5.11 Å². The van der Waals surface area contributed by atoms with Crippen LogP contribution < -0.4 is 0 Å². The Hall–Kier alpha value is 0.843.